The topological polar surface area (TPSA) is 95.6 Å². The van der Waals surface area contributed by atoms with E-state index in [0.717, 1.165) is 66.0 Å². The number of fused-ring (bicyclic) bond motifs is 1. The first-order valence-corrected chi connectivity index (χ1v) is 14.2. The Balaban J connectivity index is 1.43. The first-order chi connectivity index (χ1) is 19.3. The molecule has 0 radical (unpaired) electrons. The Hall–Kier alpha value is -3.76. The molecule has 0 amide bonds. The van der Waals surface area contributed by atoms with Crippen molar-refractivity contribution in [3.05, 3.63) is 48.5 Å². The summed E-state index contributed by atoms with van der Waals surface area (Å²) >= 11 is 0. The van der Waals surface area contributed by atoms with Crippen LogP contribution in [0.15, 0.2) is 43.0 Å². The number of nitrogens with zero attached hydrogens (tertiary/aromatic N) is 8. The summed E-state index contributed by atoms with van der Waals surface area (Å²) in [6, 6.07) is 7.48. The summed E-state index contributed by atoms with van der Waals surface area (Å²) in [5, 5.41) is 14.6. The molecule has 6 rings (SSSR count). The van der Waals surface area contributed by atoms with Crippen LogP contribution in [0.5, 0.6) is 0 Å². The lowest BCUT2D eigenvalue weighted by molar-refractivity contribution is 0.197. The van der Waals surface area contributed by atoms with Gasteiger partial charge in [0.25, 0.3) is 0 Å². The van der Waals surface area contributed by atoms with Gasteiger partial charge in [-0.05, 0) is 90.6 Å². The Morgan fingerprint density at radius 2 is 1.85 bits per heavy atom. The van der Waals surface area contributed by atoms with E-state index in [1.54, 1.807) is 12.4 Å². The van der Waals surface area contributed by atoms with E-state index in [9.17, 15) is 9.90 Å². The van der Waals surface area contributed by atoms with Crippen LogP contribution in [0.4, 0.5) is 10.5 Å². The van der Waals surface area contributed by atoms with E-state index in [2.05, 4.69) is 71.0 Å². The van der Waals surface area contributed by atoms with Crippen LogP contribution in [-0.2, 0) is 6.54 Å². The Bertz CT molecular complexity index is 1530. The van der Waals surface area contributed by atoms with Gasteiger partial charge in [-0.1, -0.05) is 0 Å². The predicted molar refractivity (Wildman–Crippen MR) is 157 cm³/mol. The van der Waals surface area contributed by atoms with Gasteiger partial charge in [0.1, 0.15) is 5.52 Å². The summed E-state index contributed by atoms with van der Waals surface area (Å²) in [6.07, 6.45) is 10.5. The van der Waals surface area contributed by atoms with E-state index in [-0.39, 0.29) is 0 Å². The highest BCUT2D eigenvalue weighted by atomic mass is 16.4. The third kappa shape index (κ3) is 5.09. The number of hydrogen-bond donors (Lipinski definition) is 1. The van der Waals surface area contributed by atoms with Crippen molar-refractivity contribution in [1.29, 1.82) is 0 Å². The first kappa shape index (κ1) is 26.5. The lowest BCUT2D eigenvalue weighted by Gasteiger charge is -2.28. The molecule has 0 saturated carbocycles. The zero-order chi connectivity index (χ0) is 28.0. The fourth-order valence-corrected chi connectivity index (χ4v) is 6.18. The Morgan fingerprint density at radius 1 is 1.05 bits per heavy atom. The van der Waals surface area contributed by atoms with Crippen LogP contribution in [0.1, 0.15) is 44.2 Å². The molecule has 2 aliphatic heterocycles. The quantitative estimate of drug-likeness (QED) is 0.371. The number of carbonyl (C=O) groups is 1. The summed E-state index contributed by atoms with van der Waals surface area (Å²) < 4.78 is 3.19. The average Bonchev–Trinajstić information content (AvgIpc) is 3.66. The molecule has 0 spiro atoms. The lowest BCUT2D eigenvalue weighted by Crippen LogP contribution is -2.31. The fourth-order valence-electron chi connectivity index (χ4n) is 6.18. The van der Waals surface area contributed by atoms with Gasteiger partial charge in [-0.2, -0.15) is 5.10 Å². The molecule has 0 unspecified atom stereocenters. The van der Waals surface area contributed by atoms with Crippen LogP contribution in [-0.4, -0.2) is 92.1 Å². The Labute approximate surface area is 234 Å². The van der Waals surface area contributed by atoms with E-state index in [1.807, 2.05) is 17.1 Å². The number of piperidine rings is 1. The third-order valence-corrected chi connectivity index (χ3v) is 8.33. The van der Waals surface area contributed by atoms with Crippen molar-refractivity contribution in [2.45, 2.75) is 51.2 Å². The van der Waals surface area contributed by atoms with Gasteiger partial charge in [-0.15, -0.1) is 0 Å². The molecule has 0 aliphatic carbocycles. The standard InChI is InChI=1S/C30H38N8O2/c1-20-6-5-9-36(20)25-13-21(17-34(2)3)12-22(14-25)27-16-31-29-28(33-27)26(19-37(29)30(39)40)23-15-32-38(18-23)24-7-10-35(4)11-8-24/h12-16,18-20,24H,5-11,17H2,1-4H3,(H,39,40)/t20-/m1/s1. The molecule has 4 aromatic rings. The molecule has 5 heterocycles. The number of carboxylic acid groups (broad SMARTS) is 1. The molecule has 1 atom stereocenters. The molecule has 1 N–H and O–H groups in total. The van der Waals surface area contributed by atoms with Crippen LogP contribution in [0.3, 0.4) is 0 Å². The predicted octanol–water partition coefficient (Wildman–Crippen LogP) is 4.80. The van der Waals surface area contributed by atoms with Crippen LogP contribution >= 0.6 is 0 Å². The van der Waals surface area contributed by atoms with E-state index in [4.69, 9.17) is 4.98 Å². The van der Waals surface area contributed by atoms with Gasteiger partial charge < -0.3 is 19.8 Å². The minimum absolute atomic E-state index is 0.330. The van der Waals surface area contributed by atoms with Crippen LogP contribution in [0, 0.1) is 0 Å². The largest absolute Gasteiger partial charge is 0.464 e. The van der Waals surface area contributed by atoms with Gasteiger partial charge in [-0.25, -0.2) is 19.3 Å². The molecular formula is C30H38N8O2. The molecule has 2 aliphatic rings. The van der Waals surface area contributed by atoms with Gasteiger partial charge in [0.15, 0.2) is 5.65 Å². The van der Waals surface area contributed by atoms with Crippen molar-refractivity contribution < 1.29 is 9.90 Å². The zero-order valence-corrected chi connectivity index (χ0v) is 23.8. The van der Waals surface area contributed by atoms with Crippen molar-refractivity contribution in [2.24, 2.45) is 0 Å². The van der Waals surface area contributed by atoms with Gasteiger partial charge in [0.05, 0.1) is 24.1 Å². The number of likely N-dealkylation sites (tertiary alicyclic amines) is 1. The van der Waals surface area contributed by atoms with Gasteiger partial charge in [0.2, 0.25) is 0 Å². The van der Waals surface area contributed by atoms with Crippen LogP contribution < -0.4 is 4.90 Å². The van der Waals surface area contributed by atoms with E-state index in [0.29, 0.717) is 23.2 Å². The smallest absolute Gasteiger partial charge is 0.417 e. The maximum absolute atomic E-state index is 12.1. The highest BCUT2D eigenvalue weighted by Crippen LogP contribution is 2.34. The molecule has 1 aromatic carbocycles. The summed E-state index contributed by atoms with van der Waals surface area (Å²) in [6.45, 7) is 6.22. The average molecular weight is 543 g/mol. The van der Waals surface area contributed by atoms with Gasteiger partial charge >= 0.3 is 6.09 Å². The zero-order valence-electron chi connectivity index (χ0n) is 23.8. The van der Waals surface area contributed by atoms with E-state index < -0.39 is 6.09 Å². The van der Waals surface area contributed by atoms with Crippen LogP contribution in [0.25, 0.3) is 33.5 Å². The van der Waals surface area contributed by atoms with E-state index >= 15 is 0 Å². The normalized spacial score (nSPS) is 18.8. The van der Waals surface area contributed by atoms with Crippen molar-refractivity contribution in [1.82, 2.24) is 34.1 Å². The number of rotatable bonds is 6. The summed E-state index contributed by atoms with van der Waals surface area (Å²) in [5.41, 5.74) is 6.59. The molecule has 2 saturated heterocycles. The number of aromatic nitrogens is 5. The molecule has 3 aromatic heterocycles. The summed E-state index contributed by atoms with van der Waals surface area (Å²) in [7, 11) is 6.29. The maximum atomic E-state index is 12.1. The second-order valence-electron chi connectivity index (χ2n) is 11.7. The number of benzene rings is 1. The van der Waals surface area contributed by atoms with Crippen molar-refractivity contribution in [3.8, 4) is 22.4 Å². The second-order valence-corrected chi connectivity index (χ2v) is 11.7. The highest BCUT2D eigenvalue weighted by molar-refractivity contribution is 5.96. The van der Waals surface area contributed by atoms with Gasteiger partial charge in [-0.3, -0.25) is 4.68 Å². The first-order valence-electron chi connectivity index (χ1n) is 14.2. The molecule has 0 bridgehead atoms. The summed E-state index contributed by atoms with van der Waals surface area (Å²) in [4.78, 5) is 28.8. The van der Waals surface area contributed by atoms with Crippen LogP contribution in [0.2, 0.25) is 0 Å². The molecule has 40 heavy (non-hydrogen) atoms. The minimum Gasteiger partial charge on any atom is -0.464 e. The van der Waals surface area contributed by atoms with E-state index in [1.165, 1.54) is 24.1 Å². The Kier molecular flexibility index (Phi) is 7.06. The molecule has 210 valence electrons. The Morgan fingerprint density at radius 3 is 2.55 bits per heavy atom. The molecule has 10 heteroatoms. The van der Waals surface area contributed by atoms with Crippen molar-refractivity contribution >= 4 is 22.9 Å². The minimum atomic E-state index is -1.08. The lowest BCUT2D eigenvalue weighted by atomic mass is 10.0. The second kappa shape index (κ2) is 10.7. The monoisotopic (exact) mass is 542 g/mol. The summed E-state index contributed by atoms with van der Waals surface area (Å²) in [5.74, 6) is 0. The third-order valence-electron chi connectivity index (χ3n) is 8.33. The molecule has 10 nitrogen and oxygen atoms in total. The number of anilines is 1. The highest BCUT2D eigenvalue weighted by Gasteiger charge is 2.24. The van der Waals surface area contributed by atoms with Crippen molar-refractivity contribution in [3.63, 3.8) is 0 Å². The number of hydrogen-bond acceptors (Lipinski definition) is 7. The SMILES string of the molecule is C[C@@H]1CCCN1c1cc(CN(C)C)cc(-c2cnc3c(n2)c(-c2cnn(C4CCN(C)CC4)c2)cn3C(=O)O)c1. The van der Waals surface area contributed by atoms with Crippen molar-refractivity contribution in [2.75, 3.05) is 45.7 Å². The van der Waals surface area contributed by atoms with Gasteiger partial charge in [0, 0.05) is 53.9 Å². The fraction of sp³-hybridized carbons (Fsp3) is 0.467. The maximum Gasteiger partial charge on any atom is 0.417 e. The molecule has 2 fully saturated rings. The molecular weight excluding hydrogens is 504 g/mol.